The Kier molecular flexibility index (Phi) is 4.50. The summed E-state index contributed by atoms with van der Waals surface area (Å²) in [5.41, 5.74) is 1.53. The summed E-state index contributed by atoms with van der Waals surface area (Å²) in [6.45, 7) is 0. The zero-order valence-electron chi connectivity index (χ0n) is 11.6. The van der Waals surface area contributed by atoms with Crippen LogP contribution in [0.3, 0.4) is 0 Å². The van der Waals surface area contributed by atoms with Crippen molar-refractivity contribution in [2.45, 2.75) is 0 Å². The van der Waals surface area contributed by atoms with Gasteiger partial charge in [0.2, 0.25) is 0 Å². The summed E-state index contributed by atoms with van der Waals surface area (Å²) >= 11 is 0. The maximum Gasteiger partial charge on any atom is 0.337 e. The number of carbonyl (C=O) groups is 1. The predicted molar refractivity (Wildman–Crippen MR) is 76.0 cm³/mol. The first kappa shape index (κ1) is 14.5. The lowest BCUT2D eigenvalue weighted by Crippen LogP contribution is -2.09. The molecule has 0 unspecified atom stereocenters. The van der Waals surface area contributed by atoms with Crippen molar-refractivity contribution >= 4 is 11.7 Å². The van der Waals surface area contributed by atoms with Crippen molar-refractivity contribution < 1.29 is 19.5 Å². The maximum atomic E-state index is 11.5. The molecule has 0 bridgehead atoms. The van der Waals surface area contributed by atoms with E-state index < -0.39 is 5.97 Å². The summed E-state index contributed by atoms with van der Waals surface area (Å²) < 4.78 is 9.79. The predicted octanol–water partition coefficient (Wildman–Crippen LogP) is 2.10. The summed E-state index contributed by atoms with van der Waals surface area (Å²) in [5, 5.41) is 12.6. The number of nitrogens with zero attached hydrogens (tertiary/aromatic N) is 2. The molecule has 1 N–H and O–H groups in total. The fourth-order valence-electron chi connectivity index (χ4n) is 1.83. The summed E-state index contributed by atoms with van der Waals surface area (Å²) in [6.07, 6.45) is 1.45. The van der Waals surface area contributed by atoms with Crippen molar-refractivity contribution in [3.63, 3.8) is 0 Å². The van der Waals surface area contributed by atoms with Gasteiger partial charge in [-0.25, -0.2) is 4.79 Å². The van der Waals surface area contributed by atoms with E-state index >= 15 is 0 Å². The molecule has 1 heterocycles. The molecule has 2 rings (SSSR count). The van der Waals surface area contributed by atoms with Gasteiger partial charge in [0.1, 0.15) is 11.5 Å². The third-order valence-corrected chi connectivity index (χ3v) is 2.87. The van der Waals surface area contributed by atoms with E-state index in [2.05, 4.69) is 14.9 Å². The highest BCUT2D eigenvalue weighted by atomic mass is 16.5. The Morgan fingerprint density at radius 1 is 1.19 bits per heavy atom. The topological polar surface area (TPSA) is 81.0 Å². The van der Waals surface area contributed by atoms with E-state index in [1.807, 2.05) is 0 Å². The quantitative estimate of drug-likeness (QED) is 0.403. The number of ether oxygens (including phenoxy) is 2. The first-order valence-corrected chi connectivity index (χ1v) is 6.11. The van der Waals surface area contributed by atoms with Gasteiger partial charge < -0.3 is 14.7 Å². The lowest BCUT2D eigenvalue weighted by molar-refractivity contribution is 0.0600. The molecule has 21 heavy (non-hydrogen) atoms. The van der Waals surface area contributed by atoms with Crippen LogP contribution in [0.15, 0.2) is 47.8 Å². The first-order chi connectivity index (χ1) is 10.2. The summed E-state index contributed by atoms with van der Waals surface area (Å²) in [6, 6.07) is 10.0. The second-order valence-corrected chi connectivity index (χ2v) is 4.10. The molecule has 0 fully saturated rings. The Bertz CT molecular complexity index is 683. The molecule has 1 aromatic heterocycles. The molecule has 0 spiro atoms. The molecular formula is C15H14N2O4. The standard InChI is InChI=1S/C15H14N2O4/c1-20-12-5-3-4-10(8-12)14(17-19)13-9-11(6-7-16-13)15(18)21-2/h3-9,19H,1-2H3/b17-14-. The van der Waals surface area contributed by atoms with Gasteiger partial charge in [-0.1, -0.05) is 17.3 Å². The normalized spacial score (nSPS) is 11.0. The van der Waals surface area contributed by atoms with Crippen LogP contribution in [0.4, 0.5) is 0 Å². The van der Waals surface area contributed by atoms with Gasteiger partial charge in [0.25, 0.3) is 0 Å². The number of pyridine rings is 1. The van der Waals surface area contributed by atoms with E-state index in [0.717, 1.165) is 0 Å². The number of carbonyl (C=O) groups excluding carboxylic acids is 1. The molecule has 0 saturated carbocycles. The SMILES string of the molecule is COC(=O)c1ccnc(/C(=N\O)c2cccc(OC)c2)c1. The highest BCUT2D eigenvalue weighted by Crippen LogP contribution is 2.17. The fourth-order valence-corrected chi connectivity index (χ4v) is 1.83. The molecule has 2 aromatic rings. The molecule has 0 aliphatic rings. The van der Waals surface area contributed by atoms with Crippen LogP contribution in [0.5, 0.6) is 5.75 Å². The van der Waals surface area contributed by atoms with E-state index in [1.165, 1.54) is 25.4 Å². The van der Waals surface area contributed by atoms with Gasteiger partial charge in [-0.15, -0.1) is 0 Å². The van der Waals surface area contributed by atoms with Crippen LogP contribution in [-0.2, 0) is 4.74 Å². The summed E-state index contributed by atoms with van der Waals surface area (Å²) in [7, 11) is 2.84. The van der Waals surface area contributed by atoms with Crippen LogP contribution in [0, 0.1) is 0 Å². The second-order valence-electron chi connectivity index (χ2n) is 4.10. The molecular weight excluding hydrogens is 272 g/mol. The van der Waals surface area contributed by atoms with Gasteiger partial charge in [-0.3, -0.25) is 4.98 Å². The number of hydrogen-bond donors (Lipinski definition) is 1. The minimum absolute atomic E-state index is 0.236. The molecule has 1 aromatic carbocycles. The Morgan fingerprint density at radius 2 is 2.00 bits per heavy atom. The highest BCUT2D eigenvalue weighted by molar-refractivity contribution is 6.12. The van der Waals surface area contributed by atoms with Crippen LogP contribution in [0.2, 0.25) is 0 Å². The van der Waals surface area contributed by atoms with Crippen molar-refractivity contribution in [1.29, 1.82) is 0 Å². The van der Waals surface area contributed by atoms with Crippen molar-refractivity contribution in [2.75, 3.05) is 14.2 Å². The number of hydrogen-bond acceptors (Lipinski definition) is 6. The fraction of sp³-hybridized carbons (Fsp3) is 0.133. The van der Waals surface area contributed by atoms with Crippen LogP contribution in [0.25, 0.3) is 0 Å². The molecule has 6 nitrogen and oxygen atoms in total. The van der Waals surface area contributed by atoms with E-state index in [9.17, 15) is 10.0 Å². The maximum absolute atomic E-state index is 11.5. The molecule has 0 aliphatic carbocycles. The molecule has 0 aliphatic heterocycles. The van der Waals surface area contributed by atoms with Gasteiger partial charge in [0.05, 0.1) is 25.5 Å². The number of oxime groups is 1. The van der Waals surface area contributed by atoms with Crippen molar-refractivity contribution in [3.05, 3.63) is 59.4 Å². The van der Waals surface area contributed by atoms with Crippen LogP contribution in [0.1, 0.15) is 21.6 Å². The molecule has 0 amide bonds. The van der Waals surface area contributed by atoms with Gasteiger partial charge in [-0.05, 0) is 24.3 Å². The molecule has 0 atom stereocenters. The Balaban J connectivity index is 2.44. The van der Waals surface area contributed by atoms with E-state index in [-0.39, 0.29) is 5.71 Å². The zero-order chi connectivity index (χ0) is 15.2. The van der Waals surface area contributed by atoms with Gasteiger partial charge in [-0.2, -0.15) is 0 Å². The Hall–Kier alpha value is -2.89. The third kappa shape index (κ3) is 3.17. The van der Waals surface area contributed by atoms with E-state index in [4.69, 9.17) is 4.74 Å². The van der Waals surface area contributed by atoms with E-state index in [1.54, 1.807) is 31.4 Å². The average molecular weight is 286 g/mol. The zero-order valence-corrected chi connectivity index (χ0v) is 11.6. The largest absolute Gasteiger partial charge is 0.497 e. The van der Waals surface area contributed by atoms with Gasteiger partial charge >= 0.3 is 5.97 Å². The van der Waals surface area contributed by atoms with Crippen LogP contribution in [-0.4, -0.2) is 36.1 Å². The highest BCUT2D eigenvalue weighted by Gasteiger charge is 2.13. The number of methoxy groups -OCH3 is 2. The molecule has 0 radical (unpaired) electrons. The number of esters is 1. The molecule has 0 saturated heterocycles. The molecule has 6 heteroatoms. The Labute approximate surface area is 121 Å². The van der Waals surface area contributed by atoms with Crippen molar-refractivity contribution in [1.82, 2.24) is 4.98 Å². The summed E-state index contributed by atoms with van der Waals surface area (Å²) in [4.78, 5) is 15.7. The van der Waals surface area contributed by atoms with Gasteiger partial charge in [0.15, 0.2) is 0 Å². The monoisotopic (exact) mass is 286 g/mol. The van der Waals surface area contributed by atoms with Crippen LogP contribution >= 0.6 is 0 Å². The third-order valence-electron chi connectivity index (χ3n) is 2.87. The first-order valence-electron chi connectivity index (χ1n) is 6.11. The number of aromatic nitrogens is 1. The number of benzene rings is 1. The lowest BCUT2D eigenvalue weighted by atomic mass is 10.1. The number of rotatable bonds is 4. The lowest BCUT2D eigenvalue weighted by Gasteiger charge is -2.07. The van der Waals surface area contributed by atoms with E-state index in [0.29, 0.717) is 22.6 Å². The minimum atomic E-state index is -0.485. The summed E-state index contributed by atoms with van der Waals surface area (Å²) in [5.74, 6) is 0.138. The van der Waals surface area contributed by atoms with Crippen LogP contribution < -0.4 is 4.74 Å². The Morgan fingerprint density at radius 3 is 2.67 bits per heavy atom. The van der Waals surface area contributed by atoms with Gasteiger partial charge in [0, 0.05) is 11.8 Å². The van der Waals surface area contributed by atoms with Crippen molar-refractivity contribution in [3.8, 4) is 5.75 Å². The second kappa shape index (κ2) is 6.51. The molecule has 108 valence electrons. The van der Waals surface area contributed by atoms with Crippen molar-refractivity contribution in [2.24, 2.45) is 5.16 Å². The minimum Gasteiger partial charge on any atom is -0.497 e. The average Bonchev–Trinajstić information content (AvgIpc) is 2.55. The smallest absolute Gasteiger partial charge is 0.337 e.